The average Bonchev–Trinajstić information content (AvgIpc) is 3.28. The van der Waals surface area contributed by atoms with Gasteiger partial charge in [-0.2, -0.15) is 0 Å². The van der Waals surface area contributed by atoms with E-state index in [1.807, 2.05) is 24.0 Å². The van der Waals surface area contributed by atoms with E-state index in [0.29, 0.717) is 29.5 Å². The van der Waals surface area contributed by atoms with E-state index in [1.165, 1.54) is 12.1 Å². The smallest absolute Gasteiger partial charge is 0.263 e. The summed E-state index contributed by atoms with van der Waals surface area (Å²) in [6.07, 6.45) is 5.81. The normalized spacial score (nSPS) is 15.5. The summed E-state index contributed by atoms with van der Waals surface area (Å²) in [5.74, 6) is -0.0141. The van der Waals surface area contributed by atoms with Crippen LogP contribution < -0.4 is 15.5 Å². The van der Waals surface area contributed by atoms with Crippen molar-refractivity contribution < 1.29 is 13.6 Å². The van der Waals surface area contributed by atoms with E-state index in [-0.39, 0.29) is 5.13 Å². The van der Waals surface area contributed by atoms with Crippen LogP contribution in [0.1, 0.15) is 28.5 Å². The number of carbonyl (C=O) groups excluding carboxylic acids is 1. The number of aromatic nitrogens is 1. The minimum Gasteiger partial charge on any atom is -0.369 e. The fourth-order valence-electron chi connectivity index (χ4n) is 3.69. The van der Waals surface area contributed by atoms with Gasteiger partial charge < -0.3 is 10.2 Å². The third-order valence-electron chi connectivity index (χ3n) is 5.68. The number of terminal acetylenes is 1. The lowest BCUT2D eigenvalue weighted by molar-refractivity contribution is 0.101. The standard InChI is InChI=1S/C24H21ClF2N4OS/c1-3-24(2,15-4-6-16(25)7-5-15)20-14-33-23(29-20)30-22(32)21-18(26)12-17(13-19(21)27)31-10-8-28-9-11-31/h1,4-7,12-14,28H,8-11H2,2H3,(H,29,30,32). The summed E-state index contributed by atoms with van der Waals surface area (Å²) >= 11 is 7.10. The molecule has 1 atom stereocenters. The summed E-state index contributed by atoms with van der Waals surface area (Å²) in [6, 6.07) is 9.46. The Morgan fingerprint density at radius 3 is 2.48 bits per heavy atom. The maximum atomic E-state index is 14.7. The number of amides is 1. The van der Waals surface area contributed by atoms with Crippen molar-refractivity contribution in [3.8, 4) is 12.3 Å². The van der Waals surface area contributed by atoms with E-state index in [9.17, 15) is 13.6 Å². The molecule has 2 heterocycles. The highest BCUT2D eigenvalue weighted by atomic mass is 35.5. The van der Waals surface area contributed by atoms with Gasteiger partial charge in [-0.25, -0.2) is 13.8 Å². The molecule has 0 bridgehead atoms. The molecule has 2 aromatic carbocycles. The number of hydrogen-bond acceptors (Lipinski definition) is 5. The molecule has 9 heteroatoms. The zero-order chi connectivity index (χ0) is 23.6. The molecule has 5 nitrogen and oxygen atoms in total. The maximum absolute atomic E-state index is 14.7. The van der Waals surface area contributed by atoms with Crippen molar-refractivity contribution >= 4 is 39.7 Å². The molecule has 0 saturated carbocycles. The van der Waals surface area contributed by atoms with Crippen LogP contribution in [0.15, 0.2) is 41.8 Å². The van der Waals surface area contributed by atoms with E-state index >= 15 is 0 Å². The molecular weight excluding hydrogens is 466 g/mol. The molecule has 4 rings (SSSR count). The van der Waals surface area contributed by atoms with E-state index in [2.05, 4.69) is 21.5 Å². The summed E-state index contributed by atoms with van der Waals surface area (Å²) < 4.78 is 29.4. The summed E-state index contributed by atoms with van der Waals surface area (Å²) in [5.41, 5.74) is 0.224. The van der Waals surface area contributed by atoms with Crippen LogP contribution in [0.4, 0.5) is 19.6 Å². The van der Waals surface area contributed by atoms with Gasteiger partial charge in [0, 0.05) is 42.3 Å². The molecule has 170 valence electrons. The van der Waals surface area contributed by atoms with Crippen molar-refractivity contribution in [2.45, 2.75) is 12.3 Å². The number of nitrogens with one attached hydrogen (secondary N) is 2. The summed E-state index contributed by atoms with van der Waals surface area (Å²) in [6.45, 7) is 4.54. The molecule has 33 heavy (non-hydrogen) atoms. The molecule has 1 amide bonds. The number of hydrogen-bond donors (Lipinski definition) is 2. The third kappa shape index (κ3) is 4.71. The molecule has 3 aromatic rings. The van der Waals surface area contributed by atoms with Crippen LogP contribution in [0, 0.1) is 24.0 Å². The second-order valence-electron chi connectivity index (χ2n) is 7.79. The molecule has 1 unspecified atom stereocenters. The third-order valence-corrected chi connectivity index (χ3v) is 6.69. The lowest BCUT2D eigenvalue weighted by atomic mass is 9.81. The fraction of sp³-hybridized carbons (Fsp3) is 0.250. The monoisotopic (exact) mass is 486 g/mol. The fourth-order valence-corrected chi connectivity index (χ4v) is 4.63. The number of piperazine rings is 1. The predicted molar refractivity (Wildman–Crippen MR) is 128 cm³/mol. The first-order valence-electron chi connectivity index (χ1n) is 10.3. The predicted octanol–water partition coefficient (Wildman–Crippen LogP) is 4.68. The van der Waals surface area contributed by atoms with Gasteiger partial charge in [0.2, 0.25) is 0 Å². The van der Waals surface area contributed by atoms with Crippen molar-refractivity contribution in [3.05, 3.63) is 75.3 Å². The van der Waals surface area contributed by atoms with Crippen LogP contribution in [0.2, 0.25) is 5.02 Å². The van der Waals surface area contributed by atoms with Crippen molar-refractivity contribution in [1.29, 1.82) is 0 Å². The second kappa shape index (κ2) is 9.48. The average molecular weight is 487 g/mol. The largest absolute Gasteiger partial charge is 0.369 e. The highest BCUT2D eigenvalue weighted by Gasteiger charge is 2.30. The van der Waals surface area contributed by atoms with Crippen molar-refractivity contribution in [2.75, 3.05) is 36.4 Å². The van der Waals surface area contributed by atoms with Crippen LogP contribution in [0.5, 0.6) is 0 Å². The van der Waals surface area contributed by atoms with Gasteiger partial charge in [-0.05, 0) is 36.8 Å². The van der Waals surface area contributed by atoms with Crippen molar-refractivity contribution in [1.82, 2.24) is 10.3 Å². The number of anilines is 2. The molecule has 0 aliphatic carbocycles. The number of halogens is 3. The lowest BCUT2D eigenvalue weighted by Gasteiger charge is -2.29. The van der Waals surface area contributed by atoms with Crippen LogP contribution >= 0.6 is 22.9 Å². The Bertz CT molecular complexity index is 1190. The summed E-state index contributed by atoms with van der Waals surface area (Å²) in [4.78, 5) is 19.0. The number of benzene rings is 2. The first kappa shape index (κ1) is 23.2. The minimum atomic E-state index is -0.924. The van der Waals surface area contributed by atoms with E-state index < -0.39 is 28.5 Å². The molecule has 0 spiro atoms. The Morgan fingerprint density at radius 1 is 1.24 bits per heavy atom. The van der Waals surface area contributed by atoms with Crippen molar-refractivity contribution in [3.63, 3.8) is 0 Å². The number of carbonyl (C=O) groups is 1. The topological polar surface area (TPSA) is 57.3 Å². The van der Waals surface area contributed by atoms with E-state index in [4.69, 9.17) is 18.0 Å². The summed E-state index contributed by atoms with van der Waals surface area (Å²) in [5, 5.41) is 8.16. The summed E-state index contributed by atoms with van der Waals surface area (Å²) in [7, 11) is 0. The van der Waals surface area contributed by atoms with Gasteiger partial charge in [0.25, 0.3) is 5.91 Å². The molecule has 2 N–H and O–H groups in total. The van der Waals surface area contributed by atoms with Gasteiger partial charge in [-0.15, -0.1) is 17.8 Å². The van der Waals surface area contributed by atoms with Gasteiger partial charge in [-0.3, -0.25) is 10.1 Å². The van der Waals surface area contributed by atoms with Crippen LogP contribution in [-0.4, -0.2) is 37.1 Å². The van der Waals surface area contributed by atoms with Gasteiger partial charge in [0.05, 0.1) is 11.1 Å². The molecule has 1 fully saturated rings. The van der Waals surface area contributed by atoms with Gasteiger partial charge in [-0.1, -0.05) is 29.7 Å². The Balaban J connectivity index is 1.55. The van der Waals surface area contributed by atoms with E-state index in [1.54, 1.807) is 17.5 Å². The molecule has 0 radical (unpaired) electrons. The maximum Gasteiger partial charge on any atom is 0.263 e. The quantitative estimate of drug-likeness (QED) is 0.514. The Hall–Kier alpha value is -2.99. The molecule has 1 aliphatic heterocycles. The van der Waals surface area contributed by atoms with Crippen molar-refractivity contribution in [2.24, 2.45) is 0 Å². The van der Waals surface area contributed by atoms with Crippen LogP contribution in [0.3, 0.4) is 0 Å². The molecular formula is C24H21ClF2N4OS. The van der Waals surface area contributed by atoms with Gasteiger partial charge in [0.15, 0.2) is 5.13 Å². The highest BCUT2D eigenvalue weighted by Crippen LogP contribution is 2.34. The molecule has 1 aromatic heterocycles. The number of nitrogens with zero attached hydrogens (tertiary/aromatic N) is 2. The Labute approximate surface area is 199 Å². The molecule has 1 aliphatic rings. The van der Waals surface area contributed by atoms with Gasteiger partial charge in [0.1, 0.15) is 17.2 Å². The van der Waals surface area contributed by atoms with Gasteiger partial charge >= 0.3 is 0 Å². The second-order valence-corrected chi connectivity index (χ2v) is 9.08. The van der Waals surface area contributed by atoms with E-state index in [0.717, 1.165) is 30.0 Å². The molecule has 1 saturated heterocycles. The number of thiazole rings is 1. The number of rotatable bonds is 5. The zero-order valence-corrected chi connectivity index (χ0v) is 19.4. The van der Waals surface area contributed by atoms with Crippen LogP contribution in [0.25, 0.3) is 0 Å². The Kier molecular flexibility index (Phi) is 6.66. The highest BCUT2D eigenvalue weighted by molar-refractivity contribution is 7.14. The first-order chi connectivity index (χ1) is 15.8. The van der Waals surface area contributed by atoms with Crippen LogP contribution in [-0.2, 0) is 5.41 Å². The lowest BCUT2D eigenvalue weighted by Crippen LogP contribution is -2.43. The first-order valence-corrected chi connectivity index (χ1v) is 11.5. The minimum absolute atomic E-state index is 0.190. The SMILES string of the molecule is C#CC(C)(c1ccc(Cl)cc1)c1csc(NC(=O)c2c(F)cc(N3CCNCC3)cc2F)n1. The zero-order valence-electron chi connectivity index (χ0n) is 17.8. The Morgan fingerprint density at radius 2 is 1.88 bits per heavy atom.